The number of benzene rings is 4. The van der Waals surface area contributed by atoms with Crippen molar-refractivity contribution >= 4 is 0 Å². The number of fused-ring (bicyclic) bond motifs is 1. The fourth-order valence-corrected chi connectivity index (χ4v) is 6.35. The van der Waals surface area contributed by atoms with Crippen molar-refractivity contribution in [2.24, 2.45) is 0 Å². The quantitative estimate of drug-likeness (QED) is 0.166. The van der Waals surface area contributed by atoms with E-state index >= 15 is 0 Å². The monoisotopic (exact) mass is 716 g/mol. The van der Waals surface area contributed by atoms with E-state index in [1.54, 1.807) is 0 Å². The molecule has 4 aromatic carbocycles. The minimum Gasteiger partial charge on any atom is -0.339 e. The number of imidazole rings is 1. The van der Waals surface area contributed by atoms with E-state index in [1.807, 2.05) is 18.3 Å². The first-order valence-corrected chi connectivity index (χ1v) is 14.6. The number of nitrogens with zero attached hydrogens (tertiary/aromatic N) is 2. The maximum absolute atomic E-state index is 4.82. The van der Waals surface area contributed by atoms with Gasteiger partial charge in [-0.1, -0.05) is 90.1 Å². The van der Waals surface area contributed by atoms with Gasteiger partial charge in [-0.05, 0) is 75.1 Å². The molecular formula is C38H39IrN2-. The summed E-state index contributed by atoms with van der Waals surface area (Å²) >= 11 is 0. The number of aromatic nitrogens is 2. The van der Waals surface area contributed by atoms with Crippen LogP contribution in [-0.2, 0) is 30.9 Å². The summed E-state index contributed by atoms with van der Waals surface area (Å²) < 4.78 is 2.28. The Morgan fingerprint density at radius 3 is 2.15 bits per heavy atom. The van der Waals surface area contributed by atoms with Crippen LogP contribution in [0.5, 0.6) is 0 Å². The molecule has 0 N–H and O–H groups in total. The van der Waals surface area contributed by atoms with Gasteiger partial charge in [-0.25, -0.2) is 0 Å². The fraction of sp³-hybridized carbons (Fsp3) is 0.289. The van der Waals surface area contributed by atoms with Crippen LogP contribution in [0.25, 0.3) is 39.3 Å². The van der Waals surface area contributed by atoms with Gasteiger partial charge in [0.05, 0.1) is 5.82 Å². The largest absolute Gasteiger partial charge is 0.339 e. The van der Waals surface area contributed by atoms with Gasteiger partial charge in [0.15, 0.2) is 0 Å². The molecule has 0 unspecified atom stereocenters. The van der Waals surface area contributed by atoms with Crippen molar-refractivity contribution in [2.45, 2.75) is 71.1 Å². The molecule has 1 radical (unpaired) electrons. The van der Waals surface area contributed by atoms with Crippen molar-refractivity contribution in [3.63, 3.8) is 0 Å². The van der Waals surface area contributed by atoms with E-state index in [-0.39, 0.29) is 30.9 Å². The van der Waals surface area contributed by atoms with Crippen molar-refractivity contribution in [1.82, 2.24) is 9.55 Å². The minimum atomic E-state index is 0. The molecule has 1 heterocycles. The standard InChI is InChI=1S/C38H39N2.Ir/c1-26(2)31-23-30(27-13-9-7-10-14-27)24-32(35(31)40-22-21-39-36(40)28-15-11-8-12-16-28)29-17-18-33-34(25-29)38(5,6)20-19-37(33,3)4;/h7-15,17-18,21-26H,19-20H2,1-6H3;/q-1;. The van der Waals surface area contributed by atoms with Gasteiger partial charge in [0, 0.05) is 43.7 Å². The smallest absolute Gasteiger partial charge is 0.0602 e. The van der Waals surface area contributed by atoms with Gasteiger partial charge in [-0.3, -0.25) is 4.98 Å². The third-order valence-corrected chi connectivity index (χ3v) is 8.86. The molecule has 0 saturated carbocycles. The Labute approximate surface area is 259 Å². The van der Waals surface area contributed by atoms with Crippen molar-refractivity contribution in [3.05, 3.63) is 120 Å². The maximum atomic E-state index is 4.82. The van der Waals surface area contributed by atoms with Crippen LogP contribution in [0.1, 0.15) is 77.0 Å². The predicted octanol–water partition coefficient (Wildman–Crippen LogP) is 10.1. The van der Waals surface area contributed by atoms with Crippen LogP contribution in [0.4, 0.5) is 0 Å². The average molecular weight is 716 g/mol. The molecule has 0 spiro atoms. The molecule has 1 aliphatic rings. The van der Waals surface area contributed by atoms with E-state index in [4.69, 9.17) is 4.98 Å². The topological polar surface area (TPSA) is 17.8 Å². The summed E-state index contributed by atoms with van der Waals surface area (Å²) in [5.74, 6) is 1.23. The second-order valence-electron chi connectivity index (χ2n) is 12.9. The van der Waals surface area contributed by atoms with Gasteiger partial charge in [0.2, 0.25) is 0 Å². The van der Waals surface area contributed by atoms with Crippen LogP contribution < -0.4 is 0 Å². The Morgan fingerprint density at radius 2 is 1.46 bits per heavy atom. The molecule has 5 aromatic rings. The van der Waals surface area contributed by atoms with Crippen LogP contribution >= 0.6 is 0 Å². The van der Waals surface area contributed by atoms with Crippen LogP contribution in [0.2, 0.25) is 0 Å². The Morgan fingerprint density at radius 1 is 0.756 bits per heavy atom. The third-order valence-electron chi connectivity index (χ3n) is 8.86. The number of rotatable bonds is 5. The van der Waals surface area contributed by atoms with Gasteiger partial charge < -0.3 is 4.57 Å². The summed E-state index contributed by atoms with van der Waals surface area (Å²) in [6, 6.07) is 34.3. The van der Waals surface area contributed by atoms with E-state index in [0.717, 1.165) is 11.4 Å². The first-order valence-electron chi connectivity index (χ1n) is 14.6. The van der Waals surface area contributed by atoms with E-state index in [9.17, 15) is 0 Å². The molecule has 2 nitrogen and oxygen atoms in total. The molecule has 0 fully saturated rings. The van der Waals surface area contributed by atoms with Gasteiger partial charge in [0.25, 0.3) is 0 Å². The molecule has 211 valence electrons. The van der Waals surface area contributed by atoms with Crippen LogP contribution in [-0.4, -0.2) is 9.55 Å². The van der Waals surface area contributed by atoms with E-state index in [1.165, 1.54) is 57.5 Å². The van der Waals surface area contributed by atoms with Crippen molar-refractivity contribution < 1.29 is 20.1 Å². The Hall–Kier alpha value is -3.26. The summed E-state index contributed by atoms with van der Waals surface area (Å²) in [5, 5.41) is 0. The fourth-order valence-electron chi connectivity index (χ4n) is 6.35. The van der Waals surface area contributed by atoms with Crippen molar-refractivity contribution in [1.29, 1.82) is 0 Å². The first-order chi connectivity index (χ1) is 19.2. The predicted molar refractivity (Wildman–Crippen MR) is 168 cm³/mol. The Balaban J connectivity index is 0.00000337. The van der Waals surface area contributed by atoms with Gasteiger partial charge in [-0.2, -0.15) is 0 Å². The molecule has 0 saturated heterocycles. The second-order valence-corrected chi connectivity index (χ2v) is 12.9. The van der Waals surface area contributed by atoms with E-state index < -0.39 is 0 Å². The molecule has 0 bridgehead atoms. The first kappa shape index (κ1) is 29.2. The SMILES string of the molecule is CC(C)c1cc(-c2ccccc2)cc(-c2ccc3c(c2)C(C)(C)CCC3(C)C)c1-n1ccnc1-c1[c-]cccc1.[Ir]. The van der Waals surface area contributed by atoms with Crippen molar-refractivity contribution in [3.8, 4) is 39.3 Å². The zero-order chi connectivity index (χ0) is 28.1. The van der Waals surface area contributed by atoms with E-state index in [0.29, 0.717) is 5.92 Å². The molecule has 1 aromatic heterocycles. The van der Waals surface area contributed by atoms with E-state index in [2.05, 4.69) is 131 Å². The molecule has 0 amide bonds. The summed E-state index contributed by atoms with van der Waals surface area (Å²) in [5.41, 5.74) is 11.8. The van der Waals surface area contributed by atoms with Gasteiger partial charge in [0.1, 0.15) is 0 Å². The molecule has 1 aliphatic carbocycles. The van der Waals surface area contributed by atoms with Crippen molar-refractivity contribution in [2.75, 3.05) is 0 Å². The van der Waals surface area contributed by atoms with Gasteiger partial charge >= 0.3 is 0 Å². The second kappa shape index (κ2) is 11.2. The zero-order valence-electron chi connectivity index (χ0n) is 25.0. The number of hydrogen-bond donors (Lipinski definition) is 0. The Kier molecular flexibility index (Phi) is 7.98. The zero-order valence-corrected chi connectivity index (χ0v) is 27.4. The molecule has 41 heavy (non-hydrogen) atoms. The van der Waals surface area contributed by atoms with Crippen LogP contribution in [0.15, 0.2) is 97.3 Å². The molecule has 0 atom stereocenters. The maximum Gasteiger partial charge on any atom is 0.0602 e. The molecule has 3 heteroatoms. The summed E-state index contributed by atoms with van der Waals surface area (Å²) in [4.78, 5) is 4.82. The summed E-state index contributed by atoms with van der Waals surface area (Å²) in [6.07, 6.45) is 6.42. The molecular weight excluding hydrogens is 677 g/mol. The number of hydrogen-bond acceptors (Lipinski definition) is 1. The normalized spacial score (nSPS) is 15.3. The Bertz CT molecular complexity index is 1660. The average Bonchev–Trinajstić information content (AvgIpc) is 3.45. The summed E-state index contributed by atoms with van der Waals surface area (Å²) in [7, 11) is 0. The summed E-state index contributed by atoms with van der Waals surface area (Å²) in [6.45, 7) is 14.2. The minimum absolute atomic E-state index is 0. The third kappa shape index (κ3) is 5.38. The molecule has 6 rings (SSSR count). The van der Waals surface area contributed by atoms with Crippen LogP contribution in [0.3, 0.4) is 0 Å². The van der Waals surface area contributed by atoms with Crippen LogP contribution in [0, 0.1) is 6.07 Å². The molecule has 0 aliphatic heterocycles. The van der Waals surface area contributed by atoms with Gasteiger partial charge in [-0.15, -0.1) is 35.9 Å².